The quantitative estimate of drug-likeness (QED) is 0.457. The second kappa shape index (κ2) is 6.54. The van der Waals surface area contributed by atoms with Gasteiger partial charge in [-0.3, -0.25) is 14.9 Å². The maximum absolute atomic E-state index is 12.6. The highest BCUT2D eigenvalue weighted by atomic mass is 79.9. The largest absolute Gasteiger partial charge is 0.335 e. The number of carbonyl (C=O) groups is 1. The van der Waals surface area contributed by atoms with Crippen molar-refractivity contribution >= 4 is 39.1 Å². The summed E-state index contributed by atoms with van der Waals surface area (Å²) in [7, 11) is 0. The number of halogens is 2. The van der Waals surface area contributed by atoms with Crippen LogP contribution in [0.2, 0.25) is 5.02 Å². The maximum atomic E-state index is 12.6. The first kappa shape index (κ1) is 15.3. The lowest BCUT2D eigenvalue weighted by molar-refractivity contribution is -0.385. The van der Waals surface area contributed by atoms with Gasteiger partial charge >= 0.3 is 0 Å². The van der Waals surface area contributed by atoms with Crippen LogP contribution in [0.5, 0.6) is 0 Å². The van der Waals surface area contributed by atoms with Gasteiger partial charge in [-0.15, -0.1) is 0 Å². The second-order valence-corrected chi connectivity index (χ2v) is 5.86. The number of benzene rings is 1. The molecule has 0 heterocycles. The Kier molecular flexibility index (Phi) is 4.99. The summed E-state index contributed by atoms with van der Waals surface area (Å²) >= 11 is 9.33. The molecular formula is C13H14BrClN2O3. The van der Waals surface area contributed by atoms with E-state index in [2.05, 4.69) is 15.9 Å². The first-order chi connectivity index (χ1) is 9.56. The topological polar surface area (TPSA) is 63.4 Å². The van der Waals surface area contributed by atoms with Gasteiger partial charge in [0.2, 0.25) is 0 Å². The zero-order valence-electron chi connectivity index (χ0n) is 10.7. The molecule has 5 nitrogen and oxygen atoms in total. The molecule has 0 saturated heterocycles. The lowest BCUT2D eigenvalue weighted by atomic mass is 9.91. The monoisotopic (exact) mass is 360 g/mol. The van der Waals surface area contributed by atoms with Gasteiger partial charge in [-0.1, -0.05) is 33.6 Å². The third-order valence-electron chi connectivity index (χ3n) is 3.50. The van der Waals surface area contributed by atoms with Gasteiger partial charge in [0, 0.05) is 24.0 Å². The van der Waals surface area contributed by atoms with Crippen LogP contribution in [-0.4, -0.2) is 33.6 Å². The zero-order valence-corrected chi connectivity index (χ0v) is 13.1. The number of alkyl halides is 1. The summed E-state index contributed by atoms with van der Waals surface area (Å²) in [5, 5.41) is 11.8. The molecule has 0 spiro atoms. The fourth-order valence-electron chi connectivity index (χ4n) is 2.26. The lowest BCUT2D eigenvalue weighted by Crippen LogP contribution is -2.45. The van der Waals surface area contributed by atoms with Crippen LogP contribution < -0.4 is 0 Å². The molecule has 0 atom stereocenters. The first-order valence-electron chi connectivity index (χ1n) is 6.36. The van der Waals surface area contributed by atoms with E-state index < -0.39 is 4.92 Å². The van der Waals surface area contributed by atoms with Gasteiger partial charge in [-0.25, -0.2) is 0 Å². The number of rotatable bonds is 5. The van der Waals surface area contributed by atoms with Gasteiger partial charge in [0.15, 0.2) is 0 Å². The maximum Gasteiger partial charge on any atom is 0.283 e. The van der Waals surface area contributed by atoms with Gasteiger partial charge in [-0.05, 0) is 25.3 Å². The molecule has 1 saturated carbocycles. The van der Waals surface area contributed by atoms with Crippen LogP contribution in [0.3, 0.4) is 0 Å². The van der Waals surface area contributed by atoms with E-state index in [1.54, 1.807) is 4.90 Å². The minimum Gasteiger partial charge on any atom is -0.335 e. The van der Waals surface area contributed by atoms with Crippen molar-refractivity contribution in [3.8, 4) is 0 Å². The van der Waals surface area contributed by atoms with Gasteiger partial charge in [0.25, 0.3) is 11.6 Å². The van der Waals surface area contributed by atoms with Crippen molar-refractivity contribution < 1.29 is 9.72 Å². The highest BCUT2D eigenvalue weighted by molar-refractivity contribution is 9.09. The molecule has 1 aliphatic carbocycles. The normalized spacial score (nSPS) is 14.7. The smallest absolute Gasteiger partial charge is 0.283 e. The Hall–Kier alpha value is -1.14. The average Bonchev–Trinajstić information content (AvgIpc) is 2.35. The van der Waals surface area contributed by atoms with Crippen LogP contribution in [0, 0.1) is 10.1 Å². The van der Waals surface area contributed by atoms with E-state index in [0.29, 0.717) is 11.9 Å². The van der Waals surface area contributed by atoms with E-state index in [4.69, 9.17) is 11.6 Å². The Labute approximate surface area is 130 Å². The minimum atomic E-state index is -0.563. The minimum absolute atomic E-state index is 0.00739. The van der Waals surface area contributed by atoms with Crippen molar-refractivity contribution in [2.45, 2.75) is 25.3 Å². The fraction of sp³-hybridized carbons (Fsp3) is 0.462. The zero-order chi connectivity index (χ0) is 14.7. The molecule has 0 bridgehead atoms. The molecule has 0 radical (unpaired) electrons. The second-order valence-electron chi connectivity index (χ2n) is 4.66. The van der Waals surface area contributed by atoms with Crippen LogP contribution in [0.4, 0.5) is 5.69 Å². The summed E-state index contributed by atoms with van der Waals surface area (Å²) in [6, 6.07) is 4.46. The van der Waals surface area contributed by atoms with Crippen molar-refractivity contribution in [2.75, 3.05) is 11.9 Å². The molecule has 1 aromatic carbocycles. The Morgan fingerprint density at radius 3 is 2.70 bits per heavy atom. The number of hydrogen-bond acceptors (Lipinski definition) is 3. The Balaban J connectivity index is 2.37. The van der Waals surface area contributed by atoms with Crippen LogP contribution in [-0.2, 0) is 0 Å². The van der Waals surface area contributed by atoms with E-state index in [-0.39, 0.29) is 28.2 Å². The highest BCUT2D eigenvalue weighted by Crippen LogP contribution is 2.31. The van der Waals surface area contributed by atoms with E-state index in [9.17, 15) is 14.9 Å². The molecule has 7 heteroatoms. The van der Waals surface area contributed by atoms with Gasteiger partial charge in [0.05, 0.1) is 9.95 Å². The van der Waals surface area contributed by atoms with Gasteiger partial charge < -0.3 is 4.90 Å². The molecule has 0 aromatic heterocycles. The van der Waals surface area contributed by atoms with Crippen LogP contribution in [0.15, 0.2) is 18.2 Å². The predicted molar refractivity (Wildman–Crippen MR) is 80.6 cm³/mol. The molecule has 0 N–H and O–H groups in total. The number of nitrogens with zero attached hydrogens (tertiary/aromatic N) is 2. The highest BCUT2D eigenvalue weighted by Gasteiger charge is 2.33. The van der Waals surface area contributed by atoms with Crippen molar-refractivity contribution in [2.24, 2.45) is 0 Å². The molecule has 1 aliphatic rings. The predicted octanol–water partition coefficient (Wildman–Crippen LogP) is 3.64. The summed E-state index contributed by atoms with van der Waals surface area (Å²) in [6.07, 6.45) is 2.97. The van der Waals surface area contributed by atoms with Crippen molar-refractivity contribution in [3.63, 3.8) is 0 Å². The van der Waals surface area contributed by atoms with Gasteiger partial charge in [0.1, 0.15) is 5.56 Å². The summed E-state index contributed by atoms with van der Waals surface area (Å²) in [6.45, 7) is 0.520. The van der Waals surface area contributed by atoms with E-state index >= 15 is 0 Å². The molecule has 20 heavy (non-hydrogen) atoms. The Morgan fingerprint density at radius 2 is 2.20 bits per heavy atom. The van der Waals surface area contributed by atoms with E-state index in [1.165, 1.54) is 18.2 Å². The standard InChI is InChI=1S/C13H14BrClN2O3/c14-7-8-16(9-3-1-4-9)13(18)12-10(15)5-2-6-11(12)17(19)20/h2,5-6,9H,1,3-4,7-8H2. The van der Waals surface area contributed by atoms with Crippen LogP contribution in [0.1, 0.15) is 29.6 Å². The molecule has 1 fully saturated rings. The van der Waals surface area contributed by atoms with Gasteiger partial charge in [-0.2, -0.15) is 0 Å². The van der Waals surface area contributed by atoms with Crippen molar-refractivity contribution in [1.29, 1.82) is 0 Å². The molecule has 0 aliphatic heterocycles. The van der Waals surface area contributed by atoms with Crippen LogP contribution in [0.25, 0.3) is 0 Å². The third kappa shape index (κ3) is 2.96. The summed E-state index contributed by atoms with van der Waals surface area (Å²) < 4.78 is 0. The molecule has 2 rings (SSSR count). The summed E-state index contributed by atoms with van der Waals surface area (Å²) in [5.74, 6) is -0.355. The van der Waals surface area contributed by atoms with E-state index in [0.717, 1.165) is 19.3 Å². The fourth-order valence-corrected chi connectivity index (χ4v) is 2.89. The number of nitro benzene ring substituents is 1. The Bertz CT molecular complexity index is 534. The third-order valence-corrected chi connectivity index (χ3v) is 4.17. The van der Waals surface area contributed by atoms with Crippen LogP contribution >= 0.6 is 27.5 Å². The average molecular weight is 362 g/mol. The molecule has 1 aromatic rings. The number of hydrogen-bond donors (Lipinski definition) is 0. The van der Waals surface area contributed by atoms with Crippen molar-refractivity contribution in [3.05, 3.63) is 38.9 Å². The lowest BCUT2D eigenvalue weighted by Gasteiger charge is -2.37. The van der Waals surface area contributed by atoms with Crippen molar-refractivity contribution in [1.82, 2.24) is 4.90 Å². The number of carbonyl (C=O) groups excluding carboxylic acids is 1. The molecule has 1 amide bonds. The summed E-state index contributed by atoms with van der Waals surface area (Å²) in [4.78, 5) is 24.8. The van der Waals surface area contributed by atoms with E-state index in [1.807, 2.05) is 0 Å². The number of nitro groups is 1. The number of amides is 1. The molecule has 0 unspecified atom stereocenters. The molecule has 108 valence electrons. The summed E-state index contributed by atoms with van der Waals surface area (Å²) in [5.41, 5.74) is -0.242. The Morgan fingerprint density at radius 1 is 1.50 bits per heavy atom. The molecular weight excluding hydrogens is 348 g/mol. The first-order valence-corrected chi connectivity index (χ1v) is 7.86. The SMILES string of the molecule is O=C(c1c(Cl)cccc1[N+](=O)[O-])N(CCBr)C1CCC1.